The largest absolute Gasteiger partial charge is 0.356 e. The van der Waals surface area contributed by atoms with Crippen LogP contribution in [0.1, 0.15) is 22.3 Å². The van der Waals surface area contributed by atoms with Crippen molar-refractivity contribution in [1.29, 1.82) is 0 Å². The molecule has 3 nitrogen and oxygen atoms in total. The number of fused-ring (bicyclic) bond motifs is 2. The number of para-hydroxylation sites is 2. The number of rotatable bonds is 4. The highest BCUT2D eigenvalue weighted by Crippen LogP contribution is 2.37. The molecule has 0 saturated carbocycles. The second-order valence-corrected chi connectivity index (χ2v) is 6.73. The number of nitrogens with one attached hydrogen (secondary N) is 1. The molecule has 0 spiro atoms. The number of nitrogens with zero attached hydrogens (tertiary/aromatic N) is 1. The van der Waals surface area contributed by atoms with Gasteiger partial charge in [0.2, 0.25) is 5.91 Å². The van der Waals surface area contributed by atoms with Crippen LogP contribution in [0.5, 0.6) is 0 Å². The van der Waals surface area contributed by atoms with Crippen LogP contribution in [0.3, 0.4) is 0 Å². The molecule has 0 radical (unpaired) electrons. The molecule has 3 aromatic rings. The molecule has 3 aromatic carbocycles. The Morgan fingerprint density at radius 3 is 2.00 bits per heavy atom. The second-order valence-electron chi connectivity index (χ2n) is 6.73. The summed E-state index contributed by atoms with van der Waals surface area (Å²) >= 11 is 0. The van der Waals surface area contributed by atoms with Gasteiger partial charge in [-0.25, -0.2) is 0 Å². The Kier molecular flexibility index (Phi) is 5.07. The Labute approximate surface area is 165 Å². The summed E-state index contributed by atoms with van der Waals surface area (Å²) in [5.41, 5.74) is 7.04. The summed E-state index contributed by atoms with van der Waals surface area (Å²) < 4.78 is 0. The van der Waals surface area contributed by atoms with Crippen molar-refractivity contribution in [3.05, 3.63) is 101 Å². The normalized spacial score (nSPS) is 12.4. The molecule has 0 aromatic heterocycles. The zero-order valence-corrected chi connectivity index (χ0v) is 15.8. The van der Waals surface area contributed by atoms with Gasteiger partial charge < -0.3 is 10.2 Å². The zero-order chi connectivity index (χ0) is 19.3. The first-order chi connectivity index (χ1) is 13.7. The van der Waals surface area contributed by atoms with Crippen LogP contribution in [0.2, 0.25) is 0 Å². The van der Waals surface area contributed by atoms with Crippen molar-refractivity contribution in [2.24, 2.45) is 0 Å². The van der Waals surface area contributed by atoms with E-state index in [-0.39, 0.29) is 5.91 Å². The predicted octanol–water partition coefficient (Wildman–Crippen LogP) is 5.27. The summed E-state index contributed by atoms with van der Waals surface area (Å²) in [5.74, 6) is -0.102. The molecule has 1 aliphatic rings. The van der Waals surface area contributed by atoms with Crippen molar-refractivity contribution in [1.82, 2.24) is 5.32 Å². The van der Waals surface area contributed by atoms with Gasteiger partial charge in [0, 0.05) is 31.0 Å². The summed E-state index contributed by atoms with van der Waals surface area (Å²) in [6.07, 6.45) is 7.73. The van der Waals surface area contributed by atoms with Crippen LogP contribution in [0.25, 0.3) is 18.2 Å². The molecule has 0 saturated heterocycles. The fourth-order valence-corrected chi connectivity index (χ4v) is 3.40. The highest BCUT2D eigenvalue weighted by molar-refractivity contribution is 5.91. The molecule has 0 atom stereocenters. The number of carbonyl (C=O) groups is 1. The van der Waals surface area contributed by atoms with Crippen molar-refractivity contribution >= 4 is 35.5 Å². The monoisotopic (exact) mass is 366 g/mol. The van der Waals surface area contributed by atoms with Crippen molar-refractivity contribution < 1.29 is 4.79 Å². The van der Waals surface area contributed by atoms with E-state index in [1.807, 2.05) is 18.2 Å². The first-order valence-corrected chi connectivity index (χ1v) is 9.37. The number of hydrogen-bond acceptors (Lipinski definition) is 2. The van der Waals surface area contributed by atoms with Gasteiger partial charge in [0.1, 0.15) is 0 Å². The van der Waals surface area contributed by atoms with Crippen LogP contribution in [0.4, 0.5) is 11.4 Å². The van der Waals surface area contributed by atoms with Crippen molar-refractivity contribution in [3.63, 3.8) is 0 Å². The lowest BCUT2D eigenvalue weighted by atomic mass is 10.1. The molecule has 3 heteroatoms. The van der Waals surface area contributed by atoms with Gasteiger partial charge in [-0.3, -0.25) is 4.79 Å². The molecule has 0 bridgehead atoms. The van der Waals surface area contributed by atoms with Crippen LogP contribution < -0.4 is 10.2 Å². The molecule has 1 aliphatic heterocycles. The van der Waals surface area contributed by atoms with Gasteiger partial charge in [-0.2, -0.15) is 0 Å². The predicted molar refractivity (Wildman–Crippen MR) is 117 cm³/mol. The molecule has 0 unspecified atom stereocenters. The topological polar surface area (TPSA) is 32.3 Å². The third-order valence-corrected chi connectivity index (χ3v) is 4.89. The molecule has 0 fully saturated rings. The van der Waals surface area contributed by atoms with Crippen LogP contribution in [-0.4, -0.2) is 13.0 Å². The van der Waals surface area contributed by atoms with Gasteiger partial charge in [0.25, 0.3) is 0 Å². The maximum Gasteiger partial charge on any atom is 0.243 e. The van der Waals surface area contributed by atoms with E-state index in [4.69, 9.17) is 0 Å². The van der Waals surface area contributed by atoms with E-state index in [0.717, 1.165) is 12.1 Å². The zero-order valence-electron chi connectivity index (χ0n) is 15.8. The standard InChI is InChI=1S/C25H22N2O/c1-26-25(28)17-14-19-10-12-20(13-11-19)18-27-23-8-4-2-6-21(23)15-16-22-7-3-5-9-24(22)27/h2-17H,18H2,1H3,(H,26,28)/b17-14+. The van der Waals surface area contributed by atoms with Gasteiger partial charge in [-0.05, 0) is 40.5 Å². The fraction of sp³-hybridized carbons (Fsp3) is 0.0800. The van der Waals surface area contributed by atoms with E-state index >= 15 is 0 Å². The summed E-state index contributed by atoms with van der Waals surface area (Å²) in [7, 11) is 1.63. The second kappa shape index (κ2) is 7.97. The fourth-order valence-electron chi connectivity index (χ4n) is 3.40. The molecule has 4 rings (SSSR count). The summed E-state index contributed by atoms with van der Waals surface area (Å²) in [6, 6.07) is 25.3. The van der Waals surface area contributed by atoms with Gasteiger partial charge in [-0.15, -0.1) is 0 Å². The molecular formula is C25H22N2O. The van der Waals surface area contributed by atoms with Gasteiger partial charge in [0.15, 0.2) is 0 Å². The van der Waals surface area contributed by atoms with Crippen molar-refractivity contribution in [2.75, 3.05) is 11.9 Å². The highest BCUT2D eigenvalue weighted by Gasteiger charge is 2.17. The quantitative estimate of drug-likeness (QED) is 0.638. The minimum Gasteiger partial charge on any atom is -0.356 e. The average Bonchev–Trinajstić information content (AvgIpc) is 2.90. The number of carbonyl (C=O) groups excluding carboxylic acids is 1. The summed E-state index contributed by atoms with van der Waals surface area (Å²) in [5, 5.41) is 2.59. The van der Waals surface area contributed by atoms with Gasteiger partial charge in [-0.1, -0.05) is 72.8 Å². The SMILES string of the molecule is CNC(=O)/C=C/c1ccc(CN2c3ccccc3C=Cc3ccccc32)cc1. The minimum atomic E-state index is -0.102. The molecule has 28 heavy (non-hydrogen) atoms. The first-order valence-electron chi connectivity index (χ1n) is 9.37. The Balaban J connectivity index is 1.65. The number of benzene rings is 3. The maximum absolute atomic E-state index is 11.4. The lowest BCUT2D eigenvalue weighted by Crippen LogP contribution is -2.17. The van der Waals surface area contributed by atoms with E-state index < -0.39 is 0 Å². The van der Waals surface area contributed by atoms with E-state index in [1.54, 1.807) is 13.1 Å². The third-order valence-electron chi connectivity index (χ3n) is 4.89. The highest BCUT2D eigenvalue weighted by atomic mass is 16.1. The number of amides is 1. The summed E-state index contributed by atoms with van der Waals surface area (Å²) in [6.45, 7) is 0.773. The van der Waals surface area contributed by atoms with E-state index in [0.29, 0.717) is 0 Å². The molecule has 138 valence electrons. The van der Waals surface area contributed by atoms with Crippen LogP contribution in [0, 0.1) is 0 Å². The molecule has 1 heterocycles. The Morgan fingerprint density at radius 1 is 0.857 bits per heavy atom. The Bertz CT molecular complexity index is 999. The van der Waals surface area contributed by atoms with Gasteiger partial charge in [0.05, 0.1) is 0 Å². The third kappa shape index (κ3) is 3.74. The lowest BCUT2D eigenvalue weighted by Gasteiger charge is -2.27. The van der Waals surface area contributed by atoms with Crippen molar-refractivity contribution in [3.8, 4) is 0 Å². The minimum absolute atomic E-state index is 0.102. The number of hydrogen-bond donors (Lipinski definition) is 1. The van der Waals surface area contributed by atoms with E-state index in [9.17, 15) is 4.79 Å². The van der Waals surface area contributed by atoms with Crippen LogP contribution in [-0.2, 0) is 11.3 Å². The van der Waals surface area contributed by atoms with Crippen molar-refractivity contribution in [2.45, 2.75) is 6.54 Å². The van der Waals surface area contributed by atoms with Gasteiger partial charge >= 0.3 is 0 Å². The smallest absolute Gasteiger partial charge is 0.243 e. The first kappa shape index (κ1) is 17.8. The maximum atomic E-state index is 11.4. The summed E-state index contributed by atoms with van der Waals surface area (Å²) in [4.78, 5) is 13.7. The van der Waals surface area contributed by atoms with Crippen LogP contribution in [0.15, 0.2) is 78.9 Å². The Hall–Kier alpha value is -3.59. The Morgan fingerprint density at radius 2 is 1.43 bits per heavy atom. The number of likely N-dealkylation sites (N-methyl/N-ethyl adjacent to an activating group) is 1. The average molecular weight is 366 g/mol. The lowest BCUT2D eigenvalue weighted by molar-refractivity contribution is -0.115. The van der Waals surface area contributed by atoms with E-state index in [1.165, 1.54) is 28.1 Å². The number of anilines is 2. The van der Waals surface area contributed by atoms with E-state index in [2.05, 4.69) is 83.0 Å². The molecule has 1 N–H and O–H groups in total. The molecule has 0 aliphatic carbocycles. The molecular weight excluding hydrogens is 344 g/mol. The van der Waals surface area contributed by atoms with Crippen LogP contribution >= 0.6 is 0 Å². The molecule has 1 amide bonds.